The molecule has 0 spiro atoms. The molecule has 0 aliphatic heterocycles. The molecule has 0 atom stereocenters. The topological polar surface area (TPSA) is 60.7 Å². The molecule has 0 aliphatic rings. The Morgan fingerprint density at radius 1 is 1.50 bits per heavy atom. The summed E-state index contributed by atoms with van der Waals surface area (Å²) in [5, 5.41) is 0.393. The molecule has 5 nitrogen and oxygen atoms in total. The van der Waals surface area contributed by atoms with E-state index in [-0.39, 0.29) is 12.2 Å². The molecule has 0 bridgehead atoms. The highest BCUT2D eigenvalue weighted by molar-refractivity contribution is 7.98. The Bertz CT molecular complexity index is 651. The summed E-state index contributed by atoms with van der Waals surface area (Å²) in [6.45, 7) is 1.92. The minimum absolute atomic E-state index is 0.00644. The molecule has 0 saturated heterocycles. The number of thioether (sulfide) groups is 1. The molecule has 94 valence electrons. The summed E-state index contributed by atoms with van der Waals surface area (Å²) < 4.78 is 6.23. The van der Waals surface area contributed by atoms with Crippen LogP contribution in [-0.2, 0) is 4.74 Å². The summed E-state index contributed by atoms with van der Waals surface area (Å²) >= 11 is 1.25. The first-order chi connectivity index (χ1) is 8.69. The number of pyridine rings is 1. The smallest absolute Gasteiger partial charge is 0.346 e. The van der Waals surface area contributed by atoms with E-state index in [1.807, 2.05) is 0 Å². The van der Waals surface area contributed by atoms with Gasteiger partial charge in [0.05, 0.1) is 6.61 Å². The first-order valence-electron chi connectivity index (χ1n) is 5.41. The lowest BCUT2D eigenvalue weighted by atomic mass is 10.3. The number of carbonyl (C=O) groups is 1. The molecule has 0 aliphatic carbocycles. The zero-order chi connectivity index (χ0) is 13.1. The van der Waals surface area contributed by atoms with E-state index in [1.165, 1.54) is 16.2 Å². The Morgan fingerprint density at radius 3 is 2.94 bits per heavy atom. The standard InChI is InChI=1S/C12H12N2O3S/c1-3-17-12(16)9-10(18-2)13-8-6-4-5-7-14(8)11(9)15/h4-7H,3H2,1-2H3. The van der Waals surface area contributed by atoms with Crippen molar-refractivity contribution in [2.24, 2.45) is 0 Å². The SMILES string of the molecule is CCOC(=O)c1c(SC)nc2ccccn2c1=O. The van der Waals surface area contributed by atoms with Gasteiger partial charge in [0.1, 0.15) is 10.7 Å². The third-order valence-electron chi connectivity index (χ3n) is 2.37. The molecule has 0 aromatic carbocycles. The van der Waals surface area contributed by atoms with Crippen LogP contribution in [0.25, 0.3) is 5.65 Å². The Hall–Kier alpha value is -1.82. The number of ether oxygens (including phenoxy) is 1. The molecule has 0 N–H and O–H groups in total. The summed E-state index contributed by atoms with van der Waals surface area (Å²) in [6.07, 6.45) is 3.35. The van der Waals surface area contributed by atoms with Crippen LogP contribution >= 0.6 is 11.8 Å². The van der Waals surface area contributed by atoms with Gasteiger partial charge in [0.15, 0.2) is 5.56 Å². The molecule has 0 amide bonds. The lowest BCUT2D eigenvalue weighted by Gasteiger charge is -2.07. The third-order valence-corrected chi connectivity index (χ3v) is 3.06. The van der Waals surface area contributed by atoms with Crippen LogP contribution in [0.1, 0.15) is 17.3 Å². The van der Waals surface area contributed by atoms with Crippen LogP contribution in [0.5, 0.6) is 0 Å². The number of rotatable bonds is 3. The minimum Gasteiger partial charge on any atom is -0.462 e. The van der Waals surface area contributed by atoms with Gasteiger partial charge in [-0.25, -0.2) is 9.78 Å². The van der Waals surface area contributed by atoms with Crippen molar-refractivity contribution in [3.63, 3.8) is 0 Å². The largest absolute Gasteiger partial charge is 0.462 e. The van der Waals surface area contributed by atoms with Crippen molar-refractivity contribution in [2.75, 3.05) is 12.9 Å². The quantitative estimate of drug-likeness (QED) is 0.478. The van der Waals surface area contributed by atoms with Crippen molar-refractivity contribution in [1.82, 2.24) is 9.38 Å². The fraction of sp³-hybridized carbons (Fsp3) is 0.250. The summed E-state index contributed by atoms with van der Waals surface area (Å²) in [4.78, 5) is 28.3. The number of carbonyl (C=O) groups excluding carboxylic acids is 1. The van der Waals surface area contributed by atoms with Crippen molar-refractivity contribution < 1.29 is 9.53 Å². The first-order valence-corrected chi connectivity index (χ1v) is 6.64. The number of hydrogen-bond donors (Lipinski definition) is 0. The monoisotopic (exact) mass is 264 g/mol. The van der Waals surface area contributed by atoms with E-state index >= 15 is 0 Å². The van der Waals surface area contributed by atoms with Crippen molar-refractivity contribution in [1.29, 1.82) is 0 Å². The Kier molecular flexibility index (Phi) is 3.66. The Balaban J connectivity index is 2.74. The maximum absolute atomic E-state index is 12.2. The average Bonchev–Trinajstić information content (AvgIpc) is 2.38. The zero-order valence-electron chi connectivity index (χ0n) is 10.0. The van der Waals surface area contributed by atoms with Gasteiger partial charge in [-0.15, -0.1) is 11.8 Å². The van der Waals surface area contributed by atoms with E-state index < -0.39 is 11.5 Å². The highest BCUT2D eigenvalue weighted by Gasteiger charge is 2.20. The van der Waals surface area contributed by atoms with Gasteiger partial charge in [-0.1, -0.05) is 6.07 Å². The van der Waals surface area contributed by atoms with Crippen LogP contribution < -0.4 is 5.56 Å². The summed E-state index contributed by atoms with van der Waals surface area (Å²) in [6, 6.07) is 5.22. The van der Waals surface area contributed by atoms with E-state index in [4.69, 9.17) is 4.74 Å². The van der Waals surface area contributed by atoms with Gasteiger partial charge < -0.3 is 4.74 Å². The molecule has 2 heterocycles. The number of aromatic nitrogens is 2. The normalized spacial score (nSPS) is 10.6. The highest BCUT2D eigenvalue weighted by atomic mass is 32.2. The maximum Gasteiger partial charge on any atom is 0.346 e. The van der Waals surface area contributed by atoms with Gasteiger partial charge in [-0.05, 0) is 25.3 Å². The van der Waals surface area contributed by atoms with E-state index in [2.05, 4.69) is 4.98 Å². The van der Waals surface area contributed by atoms with Crippen LogP contribution in [0.4, 0.5) is 0 Å². The first kappa shape index (κ1) is 12.6. The molecule has 0 saturated carbocycles. The van der Waals surface area contributed by atoms with E-state index in [0.717, 1.165) is 0 Å². The predicted molar refractivity (Wildman–Crippen MR) is 69.2 cm³/mol. The molecule has 2 rings (SSSR count). The van der Waals surface area contributed by atoms with Gasteiger partial charge in [-0.2, -0.15) is 0 Å². The van der Waals surface area contributed by atoms with Gasteiger partial charge in [-0.3, -0.25) is 9.20 Å². The van der Waals surface area contributed by atoms with Crippen molar-refractivity contribution >= 4 is 23.4 Å². The van der Waals surface area contributed by atoms with E-state index in [9.17, 15) is 9.59 Å². The zero-order valence-corrected chi connectivity index (χ0v) is 10.9. The Morgan fingerprint density at radius 2 is 2.28 bits per heavy atom. The summed E-state index contributed by atoms with van der Waals surface area (Å²) in [7, 11) is 0. The minimum atomic E-state index is -0.627. The average molecular weight is 264 g/mol. The Labute approximate surface area is 108 Å². The predicted octanol–water partition coefficient (Wildman–Crippen LogP) is 1.59. The van der Waals surface area contributed by atoms with Gasteiger partial charge >= 0.3 is 5.97 Å². The van der Waals surface area contributed by atoms with Crippen LogP contribution in [0.3, 0.4) is 0 Å². The molecular formula is C12H12N2O3S. The van der Waals surface area contributed by atoms with Crippen LogP contribution in [0, 0.1) is 0 Å². The number of fused-ring (bicyclic) bond motifs is 1. The number of esters is 1. The molecule has 6 heteroatoms. The van der Waals surface area contributed by atoms with E-state index in [1.54, 1.807) is 37.6 Å². The lowest BCUT2D eigenvalue weighted by Crippen LogP contribution is -2.25. The molecule has 2 aromatic heterocycles. The fourth-order valence-corrected chi connectivity index (χ4v) is 2.15. The fourth-order valence-electron chi connectivity index (χ4n) is 1.59. The molecule has 2 aromatic rings. The number of hydrogen-bond acceptors (Lipinski definition) is 5. The van der Waals surface area contributed by atoms with Crippen LogP contribution in [0.15, 0.2) is 34.2 Å². The molecule has 0 unspecified atom stereocenters. The second-order valence-corrected chi connectivity index (χ2v) is 4.25. The number of nitrogens with zero attached hydrogens (tertiary/aromatic N) is 2. The van der Waals surface area contributed by atoms with Crippen molar-refractivity contribution in [3.05, 3.63) is 40.3 Å². The van der Waals surface area contributed by atoms with E-state index in [0.29, 0.717) is 10.7 Å². The van der Waals surface area contributed by atoms with Gasteiger partial charge in [0.25, 0.3) is 5.56 Å². The van der Waals surface area contributed by atoms with Crippen LogP contribution in [-0.4, -0.2) is 28.2 Å². The highest BCUT2D eigenvalue weighted by Crippen LogP contribution is 2.16. The van der Waals surface area contributed by atoms with Crippen molar-refractivity contribution in [2.45, 2.75) is 11.9 Å². The second kappa shape index (κ2) is 5.22. The second-order valence-electron chi connectivity index (χ2n) is 3.45. The molecule has 18 heavy (non-hydrogen) atoms. The molecule has 0 radical (unpaired) electrons. The maximum atomic E-state index is 12.2. The van der Waals surface area contributed by atoms with Gasteiger partial charge in [0, 0.05) is 6.20 Å². The van der Waals surface area contributed by atoms with Crippen LogP contribution in [0.2, 0.25) is 0 Å². The summed E-state index contributed by atoms with van der Waals surface area (Å²) in [5.41, 5.74) is 0.108. The van der Waals surface area contributed by atoms with Gasteiger partial charge in [0.2, 0.25) is 0 Å². The lowest BCUT2D eigenvalue weighted by molar-refractivity contribution is 0.0519. The molecule has 0 fully saturated rings. The third kappa shape index (κ3) is 2.11. The summed E-state index contributed by atoms with van der Waals surface area (Å²) in [5.74, 6) is -0.627. The van der Waals surface area contributed by atoms with Crippen molar-refractivity contribution in [3.8, 4) is 0 Å². The molecular weight excluding hydrogens is 252 g/mol.